The highest BCUT2D eigenvalue weighted by Crippen LogP contribution is 2.31. The Morgan fingerprint density at radius 3 is 2.86 bits per heavy atom. The number of hydrogen-bond acceptors (Lipinski definition) is 7. The second-order valence-electron chi connectivity index (χ2n) is 6.62. The monoisotopic (exact) mass is 401 g/mol. The van der Waals surface area contributed by atoms with E-state index in [0.717, 1.165) is 48.8 Å². The molecule has 0 spiro atoms. The minimum absolute atomic E-state index is 0.139. The Kier molecular flexibility index (Phi) is 5.56. The summed E-state index contributed by atoms with van der Waals surface area (Å²) in [6, 6.07) is 7.50. The molecule has 0 atom stereocenters. The summed E-state index contributed by atoms with van der Waals surface area (Å²) in [4.78, 5) is 21.9. The van der Waals surface area contributed by atoms with Crippen molar-refractivity contribution in [1.29, 1.82) is 0 Å². The molecule has 28 heavy (non-hydrogen) atoms. The van der Waals surface area contributed by atoms with Gasteiger partial charge in [-0.3, -0.25) is 19.3 Å². The lowest BCUT2D eigenvalue weighted by Gasteiger charge is -2.29. The minimum atomic E-state index is -0.139. The van der Waals surface area contributed by atoms with Gasteiger partial charge in [-0.15, -0.1) is 0 Å². The zero-order valence-corrected chi connectivity index (χ0v) is 16.8. The van der Waals surface area contributed by atoms with E-state index in [2.05, 4.69) is 10.00 Å². The minimum Gasteiger partial charge on any atom is -0.497 e. The van der Waals surface area contributed by atoms with E-state index in [4.69, 9.17) is 14.5 Å². The van der Waals surface area contributed by atoms with Gasteiger partial charge in [-0.05, 0) is 18.2 Å². The average Bonchev–Trinajstić information content (AvgIpc) is 3.34. The fraction of sp³-hybridized carbons (Fsp3) is 0.421. The third-order valence-electron chi connectivity index (χ3n) is 4.74. The molecule has 4 rings (SSSR count). The quantitative estimate of drug-likeness (QED) is 0.629. The molecule has 0 bridgehead atoms. The summed E-state index contributed by atoms with van der Waals surface area (Å²) >= 11 is 1.50. The Bertz CT molecular complexity index is 964. The number of fused-ring (bicyclic) bond motifs is 1. The highest BCUT2D eigenvalue weighted by atomic mass is 32.1. The van der Waals surface area contributed by atoms with Gasteiger partial charge in [0.15, 0.2) is 10.8 Å². The normalized spacial score (nSPS) is 15.1. The molecule has 0 aliphatic carbocycles. The lowest BCUT2D eigenvalue weighted by Crippen LogP contribution is -2.43. The molecule has 0 radical (unpaired) electrons. The van der Waals surface area contributed by atoms with Crippen molar-refractivity contribution in [3.05, 3.63) is 36.2 Å². The van der Waals surface area contributed by atoms with Crippen LogP contribution in [0.2, 0.25) is 0 Å². The molecular formula is C19H23N5O3S. The zero-order chi connectivity index (χ0) is 19.5. The molecule has 8 nitrogen and oxygen atoms in total. The lowest BCUT2D eigenvalue weighted by atomic mass is 10.3. The van der Waals surface area contributed by atoms with E-state index in [1.807, 2.05) is 18.2 Å². The van der Waals surface area contributed by atoms with E-state index in [-0.39, 0.29) is 5.91 Å². The molecule has 1 aliphatic heterocycles. The van der Waals surface area contributed by atoms with Crippen LogP contribution in [0.15, 0.2) is 30.5 Å². The van der Waals surface area contributed by atoms with E-state index < -0.39 is 0 Å². The Balaban J connectivity index is 1.62. The predicted molar refractivity (Wildman–Crippen MR) is 108 cm³/mol. The van der Waals surface area contributed by atoms with Gasteiger partial charge >= 0.3 is 0 Å². The van der Waals surface area contributed by atoms with Crippen LogP contribution in [-0.4, -0.2) is 72.1 Å². The molecule has 1 fully saturated rings. The number of nitrogens with zero attached hydrogens (tertiary/aromatic N) is 5. The summed E-state index contributed by atoms with van der Waals surface area (Å²) < 4.78 is 13.4. The molecule has 1 aliphatic rings. The number of benzene rings is 1. The number of hydrogen-bond donors (Lipinski definition) is 0. The maximum absolute atomic E-state index is 13.2. The number of amides is 1. The Labute approximate surface area is 167 Å². The van der Waals surface area contributed by atoms with Gasteiger partial charge in [-0.2, -0.15) is 5.10 Å². The highest BCUT2D eigenvalue weighted by molar-refractivity contribution is 7.22. The molecule has 148 valence electrons. The maximum atomic E-state index is 13.2. The van der Waals surface area contributed by atoms with Gasteiger partial charge in [0.1, 0.15) is 5.75 Å². The molecule has 0 unspecified atom stereocenters. The molecule has 1 saturated heterocycles. The number of methoxy groups -OCH3 is 1. The molecular weight excluding hydrogens is 378 g/mol. The number of anilines is 1. The number of carbonyl (C=O) groups excluding carboxylic acids is 1. The maximum Gasteiger partial charge on any atom is 0.280 e. The van der Waals surface area contributed by atoms with Crippen LogP contribution in [0.3, 0.4) is 0 Å². The molecule has 2 aromatic heterocycles. The first-order chi connectivity index (χ1) is 13.6. The van der Waals surface area contributed by atoms with Gasteiger partial charge < -0.3 is 9.47 Å². The van der Waals surface area contributed by atoms with Crippen LogP contribution in [0.5, 0.6) is 5.75 Å². The summed E-state index contributed by atoms with van der Waals surface area (Å²) in [6.07, 6.45) is 1.77. The highest BCUT2D eigenvalue weighted by Gasteiger charge is 2.24. The standard InChI is InChI=1S/C19H23N5O3S/c1-22-6-5-15(21-22)18(25)24(8-7-23-9-11-27-12-10-23)19-20-16-13-14(26-2)3-4-17(16)28-19/h3-6,13H,7-12H2,1-2H3. The summed E-state index contributed by atoms with van der Waals surface area (Å²) in [5, 5.41) is 4.96. The van der Waals surface area contributed by atoms with E-state index in [9.17, 15) is 4.79 Å². The van der Waals surface area contributed by atoms with Crippen molar-refractivity contribution >= 4 is 32.6 Å². The first-order valence-corrected chi connectivity index (χ1v) is 10.0. The molecule has 9 heteroatoms. The molecule has 1 aromatic carbocycles. The van der Waals surface area contributed by atoms with E-state index in [1.165, 1.54) is 11.3 Å². The summed E-state index contributed by atoms with van der Waals surface area (Å²) in [7, 11) is 3.44. The number of rotatable bonds is 6. The van der Waals surface area contributed by atoms with Crippen LogP contribution >= 0.6 is 11.3 Å². The van der Waals surface area contributed by atoms with Gasteiger partial charge in [-0.25, -0.2) is 4.98 Å². The van der Waals surface area contributed by atoms with Crippen molar-refractivity contribution in [3.8, 4) is 5.75 Å². The predicted octanol–water partition coefficient (Wildman–Crippen LogP) is 2.02. The number of thiazole rings is 1. The molecule has 1 amide bonds. The van der Waals surface area contributed by atoms with Crippen molar-refractivity contribution in [2.24, 2.45) is 7.05 Å². The van der Waals surface area contributed by atoms with Gasteiger partial charge in [0.05, 0.1) is 30.5 Å². The van der Waals surface area contributed by atoms with Crippen molar-refractivity contribution < 1.29 is 14.3 Å². The lowest BCUT2D eigenvalue weighted by molar-refractivity contribution is 0.0391. The van der Waals surface area contributed by atoms with Crippen molar-refractivity contribution in [1.82, 2.24) is 19.7 Å². The Hall–Kier alpha value is -2.49. The Morgan fingerprint density at radius 2 is 2.14 bits per heavy atom. The van der Waals surface area contributed by atoms with Gasteiger partial charge in [0.2, 0.25) is 0 Å². The van der Waals surface area contributed by atoms with Crippen LogP contribution in [0.4, 0.5) is 5.13 Å². The number of morpholine rings is 1. The third kappa shape index (κ3) is 4.01. The third-order valence-corrected chi connectivity index (χ3v) is 5.80. The SMILES string of the molecule is COc1ccc2sc(N(CCN3CCOCC3)C(=O)c3ccn(C)n3)nc2c1. The van der Waals surface area contributed by atoms with Crippen LogP contribution in [0.1, 0.15) is 10.5 Å². The van der Waals surface area contributed by atoms with Gasteiger partial charge in [-0.1, -0.05) is 11.3 Å². The fourth-order valence-corrected chi connectivity index (χ4v) is 4.13. The molecule has 0 saturated carbocycles. The van der Waals surface area contributed by atoms with Crippen LogP contribution < -0.4 is 9.64 Å². The van der Waals surface area contributed by atoms with Crippen LogP contribution in [-0.2, 0) is 11.8 Å². The molecule has 3 heterocycles. The second-order valence-corrected chi connectivity index (χ2v) is 7.62. The van der Waals surface area contributed by atoms with Crippen LogP contribution in [0, 0.1) is 0 Å². The van der Waals surface area contributed by atoms with Crippen molar-refractivity contribution in [2.45, 2.75) is 0 Å². The average molecular weight is 401 g/mol. The topological polar surface area (TPSA) is 72.7 Å². The number of aryl methyl sites for hydroxylation is 1. The van der Waals surface area contributed by atoms with Gasteiger partial charge in [0.25, 0.3) is 5.91 Å². The summed E-state index contributed by atoms with van der Waals surface area (Å²) in [5.41, 5.74) is 1.24. The Morgan fingerprint density at radius 1 is 1.32 bits per heavy atom. The first kappa shape index (κ1) is 18.9. The zero-order valence-electron chi connectivity index (χ0n) is 16.0. The fourth-order valence-electron chi connectivity index (χ4n) is 3.16. The van der Waals surface area contributed by atoms with E-state index in [0.29, 0.717) is 17.4 Å². The number of aromatic nitrogens is 3. The largest absolute Gasteiger partial charge is 0.497 e. The summed E-state index contributed by atoms with van der Waals surface area (Å²) in [5.74, 6) is 0.611. The van der Waals surface area contributed by atoms with Crippen LogP contribution in [0.25, 0.3) is 10.2 Å². The molecule has 3 aromatic rings. The van der Waals surface area contributed by atoms with Crippen molar-refractivity contribution in [2.75, 3.05) is 51.4 Å². The second kappa shape index (κ2) is 8.26. The molecule has 0 N–H and O–H groups in total. The smallest absolute Gasteiger partial charge is 0.280 e. The summed E-state index contributed by atoms with van der Waals surface area (Å²) in [6.45, 7) is 4.53. The van der Waals surface area contributed by atoms with Gasteiger partial charge in [0, 0.05) is 45.5 Å². The number of ether oxygens (including phenoxy) is 2. The van der Waals surface area contributed by atoms with E-state index in [1.54, 1.807) is 36.0 Å². The van der Waals surface area contributed by atoms with Crippen molar-refractivity contribution in [3.63, 3.8) is 0 Å². The number of carbonyl (C=O) groups is 1. The van der Waals surface area contributed by atoms with E-state index >= 15 is 0 Å². The first-order valence-electron chi connectivity index (χ1n) is 9.20.